The minimum atomic E-state index is 0.0173. The standard InChI is InChI=1S/C10H10BrNOS/c11-8-2-4-14-10(8)5-9(12)7-1-3-13-6-7/h1-4,6,9H,5,12H2. The molecular formula is C10H10BrNOS. The fourth-order valence-corrected chi connectivity index (χ4v) is 2.85. The molecule has 2 N–H and O–H groups in total. The van der Waals surface area contributed by atoms with Crippen molar-refractivity contribution in [3.63, 3.8) is 0 Å². The Morgan fingerprint density at radius 1 is 1.50 bits per heavy atom. The van der Waals surface area contributed by atoms with E-state index in [0.29, 0.717) is 0 Å². The van der Waals surface area contributed by atoms with Crippen molar-refractivity contribution in [3.05, 3.63) is 45.0 Å². The minimum absolute atomic E-state index is 0.0173. The molecule has 0 radical (unpaired) electrons. The Morgan fingerprint density at radius 3 is 2.93 bits per heavy atom. The number of halogens is 1. The number of furan rings is 1. The van der Waals surface area contributed by atoms with Gasteiger partial charge < -0.3 is 10.2 Å². The van der Waals surface area contributed by atoms with E-state index in [-0.39, 0.29) is 6.04 Å². The van der Waals surface area contributed by atoms with Crippen LogP contribution in [0.25, 0.3) is 0 Å². The van der Waals surface area contributed by atoms with Gasteiger partial charge in [0, 0.05) is 27.4 Å². The van der Waals surface area contributed by atoms with E-state index < -0.39 is 0 Å². The van der Waals surface area contributed by atoms with E-state index in [2.05, 4.69) is 21.3 Å². The van der Waals surface area contributed by atoms with Crippen LogP contribution in [0.3, 0.4) is 0 Å². The summed E-state index contributed by atoms with van der Waals surface area (Å²) in [6.07, 6.45) is 4.20. The van der Waals surface area contributed by atoms with Crippen molar-refractivity contribution in [2.24, 2.45) is 5.73 Å². The third kappa shape index (κ3) is 2.08. The van der Waals surface area contributed by atoms with E-state index in [1.807, 2.05) is 12.1 Å². The summed E-state index contributed by atoms with van der Waals surface area (Å²) in [5.74, 6) is 0. The van der Waals surface area contributed by atoms with Crippen molar-refractivity contribution >= 4 is 27.3 Å². The van der Waals surface area contributed by atoms with Gasteiger partial charge in [-0.05, 0) is 33.4 Å². The maximum atomic E-state index is 6.03. The summed E-state index contributed by atoms with van der Waals surface area (Å²) in [6.45, 7) is 0. The second-order valence-electron chi connectivity index (χ2n) is 3.06. The molecule has 14 heavy (non-hydrogen) atoms. The summed E-state index contributed by atoms with van der Waals surface area (Å²) in [4.78, 5) is 1.28. The molecule has 2 nitrogen and oxygen atoms in total. The molecule has 0 saturated carbocycles. The molecule has 74 valence electrons. The predicted molar refractivity (Wildman–Crippen MR) is 61.4 cm³/mol. The Balaban J connectivity index is 2.09. The van der Waals surface area contributed by atoms with Gasteiger partial charge in [0.25, 0.3) is 0 Å². The fourth-order valence-electron chi connectivity index (χ4n) is 1.27. The van der Waals surface area contributed by atoms with E-state index in [0.717, 1.165) is 16.5 Å². The molecule has 1 unspecified atom stereocenters. The quantitative estimate of drug-likeness (QED) is 0.930. The van der Waals surface area contributed by atoms with E-state index in [1.165, 1.54) is 4.88 Å². The van der Waals surface area contributed by atoms with Crippen LogP contribution in [0.2, 0.25) is 0 Å². The second-order valence-corrected chi connectivity index (χ2v) is 4.91. The molecule has 2 aromatic heterocycles. The molecule has 0 spiro atoms. The van der Waals surface area contributed by atoms with E-state index >= 15 is 0 Å². The highest BCUT2D eigenvalue weighted by Crippen LogP contribution is 2.27. The first kappa shape index (κ1) is 9.96. The third-order valence-electron chi connectivity index (χ3n) is 2.07. The van der Waals surface area contributed by atoms with Gasteiger partial charge in [-0.1, -0.05) is 0 Å². The van der Waals surface area contributed by atoms with Crippen molar-refractivity contribution in [2.45, 2.75) is 12.5 Å². The molecule has 0 fully saturated rings. The van der Waals surface area contributed by atoms with Gasteiger partial charge in [-0.3, -0.25) is 0 Å². The molecule has 2 rings (SSSR count). The molecule has 0 bridgehead atoms. The lowest BCUT2D eigenvalue weighted by Crippen LogP contribution is -2.11. The van der Waals surface area contributed by atoms with Crippen LogP contribution in [0.15, 0.2) is 38.9 Å². The van der Waals surface area contributed by atoms with Crippen LogP contribution in [0.4, 0.5) is 0 Å². The maximum Gasteiger partial charge on any atom is 0.0950 e. The molecule has 1 atom stereocenters. The van der Waals surface area contributed by atoms with Gasteiger partial charge in [-0.25, -0.2) is 0 Å². The average Bonchev–Trinajstić information content (AvgIpc) is 2.77. The topological polar surface area (TPSA) is 39.2 Å². The number of hydrogen-bond donors (Lipinski definition) is 1. The first-order valence-electron chi connectivity index (χ1n) is 4.27. The van der Waals surface area contributed by atoms with Crippen molar-refractivity contribution in [1.29, 1.82) is 0 Å². The van der Waals surface area contributed by atoms with Crippen LogP contribution in [0.5, 0.6) is 0 Å². The predicted octanol–water partition coefficient (Wildman–Crippen LogP) is 3.35. The number of thiophene rings is 1. The average molecular weight is 272 g/mol. The highest BCUT2D eigenvalue weighted by Gasteiger charge is 2.11. The van der Waals surface area contributed by atoms with E-state index in [4.69, 9.17) is 10.2 Å². The van der Waals surface area contributed by atoms with Gasteiger partial charge in [0.1, 0.15) is 0 Å². The molecule has 0 aliphatic heterocycles. The van der Waals surface area contributed by atoms with Gasteiger partial charge in [0.15, 0.2) is 0 Å². The van der Waals surface area contributed by atoms with Crippen molar-refractivity contribution in [1.82, 2.24) is 0 Å². The molecule has 0 saturated heterocycles. The molecule has 0 aliphatic rings. The number of rotatable bonds is 3. The van der Waals surface area contributed by atoms with E-state index in [9.17, 15) is 0 Å². The monoisotopic (exact) mass is 271 g/mol. The van der Waals surface area contributed by atoms with Crippen LogP contribution in [-0.2, 0) is 6.42 Å². The Hall–Kier alpha value is -0.580. The summed E-state index contributed by atoms with van der Waals surface area (Å²) in [5.41, 5.74) is 7.07. The zero-order valence-electron chi connectivity index (χ0n) is 7.44. The van der Waals surface area contributed by atoms with Crippen LogP contribution >= 0.6 is 27.3 Å². The van der Waals surface area contributed by atoms with Gasteiger partial charge in [0.05, 0.1) is 12.5 Å². The SMILES string of the molecule is NC(Cc1sccc1Br)c1ccoc1. The first-order valence-corrected chi connectivity index (χ1v) is 5.94. The fraction of sp³-hybridized carbons (Fsp3) is 0.200. The Morgan fingerprint density at radius 2 is 2.36 bits per heavy atom. The summed E-state index contributed by atoms with van der Waals surface area (Å²) in [6, 6.07) is 3.97. The summed E-state index contributed by atoms with van der Waals surface area (Å²) in [5, 5.41) is 2.06. The van der Waals surface area contributed by atoms with Crippen molar-refractivity contribution in [3.8, 4) is 0 Å². The largest absolute Gasteiger partial charge is 0.472 e. The molecule has 0 aliphatic carbocycles. The molecule has 0 amide bonds. The number of nitrogens with two attached hydrogens (primary N) is 1. The second kappa shape index (κ2) is 4.29. The lowest BCUT2D eigenvalue weighted by molar-refractivity contribution is 0.558. The first-order chi connectivity index (χ1) is 6.77. The lowest BCUT2D eigenvalue weighted by atomic mass is 10.1. The molecular weight excluding hydrogens is 262 g/mol. The van der Waals surface area contributed by atoms with Crippen molar-refractivity contribution < 1.29 is 4.42 Å². The highest BCUT2D eigenvalue weighted by atomic mass is 79.9. The van der Waals surface area contributed by atoms with Crippen LogP contribution < -0.4 is 5.73 Å². The molecule has 2 aromatic rings. The van der Waals surface area contributed by atoms with Gasteiger partial charge in [-0.2, -0.15) is 0 Å². The molecule has 2 heterocycles. The highest BCUT2D eigenvalue weighted by molar-refractivity contribution is 9.10. The normalized spacial score (nSPS) is 13.0. The minimum Gasteiger partial charge on any atom is -0.472 e. The van der Waals surface area contributed by atoms with Crippen LogP contribution in [0, 0.1) is 0 Å². The Bertz CT molecular complexity index is 396. The summed E-state index contributed by atoms with van der Waals surface area (Å²) in [7, 11) is 0. The summed E-state index contributed by atoms with van der Waals surface area (Å²) >= 11 is 5.21. The van der Waals surface area contributed by atoms with Gasteiger partial charge in [-0.15, -0.1) is 11.3 Å². The zero-order chi connectivity index (χ0) is 9.97. The van der Waals surface area contributed by atoms with E-state index in [1.54, 1.807) is 23.9 Å². The smallest absolute Gasteiger partial charge is 0.0950 e. The van der Waals surface area contributed by atoms with Crippen LogP contribution in [-0.4, -0.2) is 0 Å². The Kier molecular flexibility index (Phi) is 3.05. The Labute approximate surface area is 94.9 Å². The number of hydrogen-bond acceptors (Lipinski definition) is 3. The van der Waals surface area contributed by atoms with Gasteiger partial charge >= 0.3 is 0 Å². The summed E-state index contributed by atoms with van der Waals surface area (Å²) < 4.78 is 6.14. The maximum absolute atomic E-state index is 6.03. The van der Waals surface area contributed by atoms with Crippen LogP contribution in [0.1, 0.15) is 16.5 Å². The van der Waals surface area contributed by atoms with Gasteiger partial charge in [0.2, 0.25) is 0 Å². The molecule has 0 aromatic carbocycles. The zero-order valence-corrected chi connectivity index (χ0v) is 9.85. The third-order valence-corrected chi connectivity index (χ3v) is 4.02. The van der Waals surface area contributed by atoms with Crippen molar-refractivity contribution in [2.75, 3.05) is 0 Å². The lowest BCUT2D eigenvalue weighted by Gasteiger charge is -2.07. The molecule has 4 heteroatoms.